The Morgan fingerprint density at radius 1 is 1.07 bits per heavy atom. The fourth-order valence-corrected chi connectivity index (χ4v) is 4.03. The van der Waals surface area contributed by atoms with E-state index in [0.29, 0.717) is 11.0 Å². The van der Waals surface area contributed by atoms with Gasteiger partial charge in [-0.2, -0.15) is 11.8 Å². The molecule has 2 heteroatoms. The van der Waals surface area contributed by atoms with Crippen molar-refractivity contribution in [3.63, 3.8) is 0 Å². The highest BCUT2D eigenvalue weighted by Gasteiger charge is 2.24. The molecule has 0 aromatic rings. The molecule has 0 radical (unpaired) electrons. The molecule has 0 N–H and O–H groups in total. The predicted octanol–water partition coefficient (Wildman–Crippen LogP) is 3.42. The number of thioether (sulfide) groups is 1. The van der Waals surface area contributed by atoms with Crippen molar-refractivity contribution in [1.82, 2.24) is 0 Å². The van der Waals surface area contributed by atoms with Crippen molar-refractivity contribution >= 4 is 17.5 Å². The van der Waals surface area contributed by atoms with E-state index in [9.17, 15) is 4.79 Å². The highest BCUT2D eigenvalue weighted by atomic mass is 32.2. The third kappa shape index (κ3) is 2.75. The summed E-state index contributed by atoms with van der Waals surface area (Å²) in [7, 11) is 0. The number of rotatable bonds is 3. The lowest BCUT2D eigenvalue weighted by Gasteiger charge is -2.21. The van der Waals surface area contributed by atoms with E-state index in [4.69, 9.17) is 0 Å². The molecule has 80 valence electrons. The molecule has 0 aromatic carbocycles. The van der Waals surface area contributed by atoms with E-state index >= 15 is 0 Å². The molecule has 2 aliphatic rings. The summed E-state index contributed by atoms with van der Waals surface area (Å²) in [5, 5.41) is 0.365. The van der Waals surface area contributed by atoms with E-state index in [1.165, 1.54) is 37.9 Å². The van der Waals surface area contributed by atoms with Gasteiger partial charge in [-0.1, -0.05) is 19.3 Å². The number of carbonyl (C=O) groups is 1. The summed E-state index contributed by atoms with van der Waals surface area (Å²) in [4.78, 5) is 11.6. The maximum atomic E-state index is 11.6. The van der Waals surface area contributed by atoms with Crippen LogP contribution >= 0.6 is 11.8 Å². The molecule has 2 saturated carbocycles. The van der Waals surface area contributed by atoms with Crippen molar-refractivity contribution in [3.8, 4) is 0 Å². The molecule has 0 spiro atoms. The number of hydrogen-bond acceptors (Lipinski definition) is 2. The van der Waals surface area contributed by atoms with Gasteiger partial charge < -0.3 is 0 Å². The fraction of sp³-hybridized carbons (Fsp3) is 0.917. The minimum atomic E-state index is 0.365. The Balaban J connectivity index is 1.70. The quantitative estimate of drug-likeness (QED) is 0.713. The van der Waals surface area contributed by atoms with E-state index in [2.05, 4.69) is 0 Å². The molecule has 0 aliphatic heterocycles. The molecule has 0 bridgehead atoms. The summed E-state index contributed by atoms with van der Waals surface area (Å²) in [6, 6.07) is 0. The lowest BCUT2D eigenvalue weighted by atomic mass is 9.99. The minimum Gasteiger partial charge on any atom is -0.298 e. The highest BCUT2D eigenvalue weighted by Crippen LogP contribution is 2.32. The average Bonchev–Trinajstić information content (AvgIpc) is 2.69. The molecule has 2 aliphatic carbocycles. The Morgan fingerprint density at radius 3 is 2.50 bits per heavy atom. The Bertz CT molecular complexity index is 196. The van der Waals surface area contributed by atoms with Gasteiger partial charge in [0.15, 0.2) is 0 Å². The molecule has 0 aromatic heterocycles. The van der Waals surface area contributed by atoms with E-state index in [1.54, 1.807) is 0 Å². The monoisotopic (exact) mass is 212 g/mol. The lowest BCUT2D eigenvalue weighted by Crippen LogP contribution is -2.22. The van der Waals surface area contributed by atoms with Gasteiger partial charge in [-0.25, -0.2) is 0 Å². The minimum absolute atomic E-state index is 0.365. The molecule has 0 heterocycles. The molecule has 1 unspecified atom stereocenters. The van der Waals surface area contributed by atoms with Crippen LogP contribution in [0.1, 0.15) is 51.4 Å². The fourth-order valence-electron chi connectivity index (χ4n) is 2.56. The van der Waals surface area contributed by atoms with Crippen molar-refractivity contribution in [1.29, 1.82) is 0 Å². The molecule has 2 fully saturated rings. The van der Waals surface area contributed by atoms with Crippen LogP contribution in [0.4, 0.5) is 0 Å². The van der Waals surface area contributed by atoms with E-state index in [0.717, 1.165) is 25.2 Å². The average molecular weight is 212 g/mol. The second-order valence-electron chi connectivity index (χ2n) is 4.68. The first-order valence-corrected chi connectivity index (χ1v) is 7.05. The van der Waals surface area contributed by atoms with Gasteiger partial charge >= 0.3 is 0 Å². The van der Waals surface area contributed by atoms with Gasteiger partial charge in [0.2, 0.25) is 0 Å². The van der Waals surface area contributed by atoms with Gasteiger partial charge in [0, 0.05) is 6.42 Å². The first-order valence-electron chi connectivity index (χ1n) is 6.00. The summed E-state index contributed by atoms with van der Waals surface area (Å²) >= 11 is 1.95. The van der Waals surface area contributed by atoms with E-state index in [-0.39, 0.29) is 0 Å². The normalized spacial score (nSPS) is 29.7. The summed E-state index contributed by atoms with van der Waals surface area (Å²) in [6.07, 6.45) is 10.1. The second kappa shape index (κ2) is 5.20. The van der Waals surface area contributed by atoms with Crippen LogP contribution in [0, 0.1) is 5.92 Å². The first-order chi connectivity index (χ1) is 6.86. The van der Waals surface area contributed by atoms with Gasteiger partial charge in [-0.15, -0.1) is 0 Å². The van der Waals surface area contributed by atoms with Gasteiger partial charge in [-0.3, -0.25) is 4.79 Å². The molecular formula is C12H20OS. The van der Waals surface area contributed by atoms with Crippen LogP contribution in [0.15, 0.2) is 0 Å². The van der Waals surface area contributed by atoms with Gasteiger partial charge in [0.25, 0.3) is 0 Å². The molecule has 1 atom stereocenters. The second-order valence-corrected chi connectivity index (χ2v) is 5.92. The molecule has 0 amide bonds. The Kier molecular flexibility index (Phi) is 3.91. The number of ketones is 1. The van der Waals surface area contributed by atoms with Crippen LogP contribution in [0.25, 0.3) is 0 Å². The van der Waals surface area contributed by atoms with Gasteiger partial charge in [0.1, 0.15) is 5.78 Å². The topological polar surface area (TPSA) is 17.1 Å². The summed E-state index contributed by atoms with van der Waals surface area (Å²) in [5.41, 5.74) is 0. The van der Waals surface area contributed by atoms with Crippen LogP contribution in [-0.2, 0) is 4.79 Å². The molecule has 2 rings (SSSR count). The van der Waals surface area contributed by atoms with Crippen molar-refractivity contribution in [2.45, 2.75) is 56.6 Å². The maximum Gasteiger partial charge on any atom is 0.145 e. The van der Waals surface area contributed by atoms with Crippen LogP contribution in [0.3, 0.4) is 0 Å². The third-order valence-electron chi connectivity index (χ3n) is 3.51. The summed E-state index contributed by atoms with van der Waals surface area (Å²) < 4.78 is 0. The van der Waals surface area contributed by atoms with Crippen molar-refractivity contribution in [3.05, 3.63) is 0 Å². The van der Waals surface area contributed by atoms with Crippen molar-refractivity contribution < 1.29 is 4.79 Å². The van der Waals surface area contributed by atoms with E-state index < -0.39 is 0 Å². The SMILES string of the molecule is O=C1CCCCC1SCC1CCCC1. The summed E-state index contributed by atoms with van der Waals surface area (Å²) in [5.74, 6) is 2.70. The summed E-state index contributed by atoms with van der Waals surface area (Å²) in [6.45, 7) is 0. The highest BCUT2D eigenvalue weighted by molar-refractivity contribution is 8.00. The zero-order chi connectivity index (χ0) is 9.80. The molecular weight excluding hydrogens is 192 g/mol. The lowest BCUT2D eigenvalue weighted by molar-refractivity contribution is -0.119. The Hall–Kier alpha value is 0.0200. The number of carbonyl (C=O) groups excluding carboxylic acids is 1. The molecule has 1 nitrogen and oxygen atoms in total. The first kappa shape index (κ1) is 10.5. The van der Waals surface area contributed by atoms with Crippen LogP contribution in [0.2, 0.25) is 0 Å². The largest absolute Gasteiger partial charge is 0.298 e. The van der Waals surface area contributed by atoms with Crippen LogP contribution in [0.5, 0.6) is 0 Å². The van der Waals surface area contributed by atoms with Crippen LogP contribution in [-0.4, -0.2) is 16.8 Å². The van der Waals surface area contributed by atoms with Crippen LogP contribution < -0.4 is 0 Å². The molecule has 0 saturated heterocycles. The maximum absolute atomic E-state index is 11.6. The van der Waals surface area contributed by atoms with Gasteiger partial charge in [0.05, 0.1) is 5.25 Å². The zero-order valence-corrected chi connectivity index (χ0v) is 9.65. The zero-order valence-electron chi connectivity index (χ0n) is 8.84. The standard InChI is InChI=1S/C12H20OS/c13-11-7-3-4-8-12(11)14-9-10-5-1-2-6-10/h10,12H,1-9H2. The predicted molar refractivity (Wildman–Crippen MR) is 61.7 cm³/mol. The number of hydrogen-bond donors (Lipinski definition) is 0. The van der Waals surface area contributed by atoms with Crippen molar-refractivity contribution in [2.24, 2.45) is 5.92 Å². The number of Topliss-reactive ketones (excluding diaryl/α,β-unsaturated/α-hetero) is 1. The Morgan fingerprint density at radius 2 is 1.79 bits per heavy atom. The smallest absolute Gasteiger partial charge is 0.145 e. The third-order valence-corrected chi connectivity index (χ3v) is 5.07. The molecule has 14 heavy (non-hydrogen) atoms. The van der Waals surface area contributed by atoms with Gasteiger partial charge in [-0.05, 0) is 37.4 Å². The Labute approximate surface area is 91.0 Å². The van der Waals surface area contributed by atoms with Crippen molar-refractivity contribution in [2.75, 3.05) is 5.75 Å². The van der Waals surface area contributed by atoms with E-state index in [1.807, 2.05) is 11.8 Å².